The van der Waals surface area contributed by atoms with Gasteiger partial charge in [0, 0.05) is 16.1 Å². The van der Waals surface area contributed by atoms with E-state index >= 15 is 0 Å². The van der Waals surface area contributed by atoms with Crippen molar-refractivity contribution in [3.63, 3.8) is 0 Å². The lowest BCUT2D eigenvalue weighted by atomic mass is 10.1. The lowest BCUT2D eigenvalue weighted by Crippen LogP contribution is -2.13. The molecule has 1 atom stereocenters. The Morgan fingerprint density at radius 1 is 1.10 bits per heavy atom. The SMILES string of the molecule is CNC(C)c1cc(Br)ccc1Oc1ccc(F)cc1Br. The highest BCUT2D eigenvalue weighted by molar-refractivity contribution is 9.10. The molecule has 0 heterocycles. The molecule has 0 spiro atoms. The van der Waals surface area contributed by atoms with Crippen LogP contribution in [0.5, 0.6) is 11.5 Å². The smallest absolute Gasteiger partial charge is 0.141 e. The summed E-state index contributed by atoms with van der Waals surface area (Å²) in [7, 11) is 1.89. The first-order chi connectivity index (χ1) is 9.51. The summed E-state index contributed by atoms with van der Waals surface area (Å²) in [6, 6.07) is 10.3. The van der Waals surface area contributed by atoms with Gasteiger partial charge >= 0.3 is 0 Å². The molecular weight excluding hydrogens is 389 g/mol. The summed E-state index contributed by atoms with van der Waals surface area (Å²) >= 11 is 6.77. The minimum Gasteiger partial charge on any atom is -0.456 e. The van der Waals surface area contributed by atoms with Crippen LogP contribution in [0.15, 0.2) is 45.3 Å². The molecule has 20 heavy (non-hydrogen) atoms. The van der Waals surface area contributed by atoms with Crippen molar-refractivity contribution in [2.75, 3.05) is 7.05 Å². The first-order valence-electron chi connectivity index (χ1n) is 6.11. The van der Waals surface area contributed by atoms with Crippen molar-refractivity contribution in [1.29, 1.82) is 0 Å². The molecule has 0 amide bonds. The van der Waals surface area contributed by atoms with Crippen LogP contribution in [-0.2, 0) is 0 Å². The third kappa shape index (κ3) is 3.59. The molecule has 0 bridgehead atoms. The standard InChI is InChI=1S/C15H14Br2FNO/c1-9(19-2)12-7-10(16)3-5-14(12)20-15-6-4-11(18)8-13(15)17/h3-9,19H,1-2H3. The van der Waals surface area contributed by atoms with Crippen LogP contribution in [-0.4, -0.2) is 7.05 Å². The van der Waals surface area contributed by atoms with Gasteiger partial charge in [-0.15, -0.1) is 0 Å². The van der Waals surface area contributed by atoms with Crippen LogP contribution in [0, 0.1) is 5.82 Å². The minimum atomic E-state index is -0.302. The zero-order valence-electron chi connectivity index (χ0n) is 11.1. The quantitative estimate of drug-likeness (QED) is 0.736. The molecule has 0 aliphatic heterocycles. The maximum atomic E-state index is 13.1. The lowest BCUT2D eigenvalue weighted by Gasteiger charge is -2.17. The summed E-state index contributed by atoms with van der Waals surface area (Å²) in [4.78, 5) is 0. The molecule has 2 aromatic rings. The van der Waals surface area contributed by atoms with Gasteiger partial charge in [0.1, 0.15) is 17.3 Å². The van der Waals surface area contributed by atoms with Crippen LogP contribution in [0.1, 0.15) is 18.5 Å². The van der Waals surface area contributed by atoms with Gasteiger partial charge < -0.3 is 10.1 Å². The monoisotopic (exact) mass is 401 g/mol. The van der Waals surface area contributed by atoms with Gasteiger partial charge in [-0.2, -0.15) is 0 Å². The maximum Gasteiger partial charge on any atom is 0.141 e. The summed E-state index contributed by atoms with van der Waals surface area (Å²) < 4.78 is 20.6. The number of rotatable bonds is 4. The molecule has 5 heteroatoms. The van der Waals surface area contributed by atoms with E-state index in [1.165, 1.54) is 12.1 Å². The fourth-order valence-corrected chi connectivity index (χ4v) is 2.59. The van der Waals surface area contributed by atoms with E-state index in [0.29, 0.717) is 10.2 Å². The predicted octanol–water partition coefficient (Wildman–Crippen LogP) is 5.42. The van der Waals surface area contributed by atoms with Crippen molar-refractivity contribution in [3.05, 3.63) is 56.7 Å². The second-order valence-corrected chi connectivity index (χ2v) is 6.14. The van der Waals surface area contributed by atoms with Crippen LogP contribution < -0.4 is 10.1 Å². The van der Waals surface area contributed by atoms with Crippen LogP contribution in [0.3, 0.4) is 0 Å². The van der Waals surface area contributed by atoms with Crippen molar-refractivity contribution < 1.29 is 9.13 Å². The average Bonchev–Trinajstić information content (AvgIpc) is 2.42. The first-order valence-corrected chi connectivity index (χ1v) is 7.69. The molecule has 2 rings (SSSR count). The Morgan fingerprint density at radius 3 is 2.45 bits per heavy atom. The molecule has 2 aromatic carbocycles. The van der Waals surface area contributed by atoms with Gasteiger partial charge in [0.15, 0.2) is 0 Å². The minimum absolute atomic E-state index is 0.140. The van der Waals surface area contributed by atoms with Crippen molar-refractivity contribution >= 4 is 31.9 Å². The molecule has 1 unspecified atom stereocenters. The number of hydrogen-bond donors (Lipinski definition) is 1. The molecule has 0 aliphatic rings. The zero-order chi connectivity index (χ0) is 14.7. The van der Waals surface area contributed by atoms with E-state index in [1.54, 1.807) is 6.07 Å². The highest BCUT2D eigenvalue weighted by atomic mass is 79.9. The van der Waals surface area contributed by atoms with Crippen LogP contribution in [0.25, 0.3) is 0 Å². The summed E-state index contributed by atoms with van der Waals surface area (Å²) in [6.45, 7) is 2.05. The Balaban J connectivity index is 2.37. The van der Waals surface area contributed by atoms with Gasteiger partial charge in [-0.1, -0.05) is 15.9 Å². The highest BCUT2D eigenvalue weighted by Crippen LogP contribution is 2.35. The lowest BCUT2D eigenvalue weighted by molar-refractivity contribution is 0.461. The number of hydrogen-bond acceptors (Lipinski definition) is 2. The van der Waals surface area contributed by atoms with Crippen LogP contribution in [0.2, 0.25) is 0 Å². The molecule has 2 nitrogen and oxygen atoms in total. The van der Waals surface area contributed by atoms with E-state index in [-0.39, 0.29) is 11.9 Å². The Labute approximate surface area is 134 Å². The Bertz CT molecular complexity index is 619. The van der Waals surface area contributed by atoms with E-state index in [9.17, 15) is 4.39 Å². The second-order valence-electron chi connectivity index (χ2n) is 4.37. The molecule has 0 saturated carbocycles. The summed E-state index contributed by atoms with van der Waals surface area (Å²) in [5, 5.41) is 3.19. The maximum absolute atomic E-state index is 13.1. The van der Waals surface area contributed by atoms with E-state index < -0.39 is 0 Å². The molecule has 0 saturated heterocycles. The Morgan fingerprint density at radius 2 is 1.80 bits per heavy atom. The van der Waals surface area contributed by atoms with Gasteiger partial charge in [0.2, 0.25) is 0 Å². The fraction of sp³-hybridized carbons (Fsp3) is 0.200. The third-order valence-electron chi connectivity index (χ3n) is 2.99. The molecule has 1 N–H and O–H groups in total. The van der Waals surface area contributed by atoms with Crippen molar-refractivity contribution in [1.82, 2.24) is 5.32 Å². The van der Waals surface area contributed by atoms with E-state index in [2.05, 4.69) is 37.2 Å². The van der Waals surface area contributed by atoms with E-state index in [1.807, 2.05) is 32.2 Å². The summed E-state index contributed by atoms with van der Waals surface area (Å²) in [5.41, 5.74) is 1.03. The van der Waals surface area contributed by atoms with Gasteiger partial charge in [-0.3, -0.25) is 0 Å². The second kappa shape index (κ2) is 6.70. The topological polar surface area (TPSA) is 21.3 Å². The van der Waals surface area contributed by atoms with Crippen molar-refractivity contribution in [2.45, 2.75) is 13.0 Å². The van der Waals surface area contributed by atoms with Crippen molar-refractivity contribution in [2.24, 2.45) is 0 Å². The average molecular weight is 403 g/mol. The van der Waals surface area contributed by atoms with Gasteiger partial charge in [0.05, 0.1) is 4.47 Å². The fourth-order valence-electron chi connectivity index (χ4n) is 1.78. The predicted molar refractivity (Wildman–Crippen MR) is 85.8 cm³/mol. The van der Waals surface area contributed by atoms with Crippen molar-refractivity contribution in [3.8, 4) is 11.5 Å². The molecule has 0 aliphatic carbocycles. The van der Waals surface area contributed by atoms with E-state index in [0.717, 1.165) is 15.8 Å². The number of ether oxygens (including phenoxy) is 1. The molecule has 0 radical (unpaired) electrons. The summed E-state index contributed by atoms with van der Waals surface area (Å²) in [5.74, 6) is 1.02. The van der Waals surface area contributed by atoms with E-state index in [4.69, 9.17) is 4.74 Å². The largest absolute Gasteiger partial charge is 0.456 e. The first kappa shape index (κ1) is 15.5. The Hall–Kier alpha value is -0.910. The van der Waals surface area contributed by atoms with Crippen LogP contribution >= 0.6 is 31.9 Å². The zero-order valence-corrected chi connectivity index (χ0v) is 14.3. The normalized spacial score (nSPS) is 12.2. The number of halogens is 3. The molecule has 0 fully saturated rings. The molecular formula is C15H14Br2FNO. The van der Waals surface area contributed by atoms with Gasteiger partial charge in [-0.25, -0.2) is 4.39 Å². The highest BCUT2D eigenvalue weighted by Gasteiger charge is 2.13. The van der Waals surface area contributed by atoms with Crippen LogP contribution in [0.4, 0.5) is 4.39 Å². The number of nitrogens with one attached hydrogen (secondary N) is 1. The van der Waals surface area contributed by atoms with Gasteiger partial charge in [-0.05, 0) is 66.3 Å². The molecule has 106 valence electrons. The summed E-state index contributed by atoms with van der Waals surface area (Å²) in [6.07, 6.45) is 0. The number of benzene rings is 2. The third-order valence-corrected chi connectivity index (χ3v) is 4.10. The Kier molecular flexibility index (Phi) is 5.18. The van der Waals surface area contributed by atoms with Gasteiger partial charge in [0.25, 0.3) is 0 Å². The molecule has 0 aromatic heterocycles.